The highest BCUT2D eigenvalue weighted by atomic mass is 35.5. The van der Waals surface area contributed by atoms with E-state index in [4.69, 9.17) is 11.6 Å². The van der Waals surface area contributed by atoms with E-state index in [0.29, 0.717) is 16.7 Å². The van der Waals surface area contributed by atoms with Crippen molar-refractivity contribution in [3.8, 4) is 0 Å². The molecule has 4 aliphatic carbocycles. The van der Waals surface area contributed by atoms with Crippen LogP contribution in [0.15, 0.2) is 0 Å². The summed E-state index contributed by atoms with van der Waals surface area (Å²) in [4.78, 5) is 23.7. The minimum absolute atomic E-state index is 0.136. The third-order valence-electron chi connectivity index (χ3n) is 5.60. The van der Waals surface area contributed by atoms with Gasteiger partial charge in [0.25, 0.3) is 0 Å². The topological polar surface area (TPSA) is 58.2 Å². The smallest absolute Gasteiger partial charge is 0.321 e. The van der Waals surface area contributed by atoms with E-state index in [2.05, 4.69) is 24.5 Å². The highest BCUT2D eigenvalue weighted by Crippen LogP contribution is 2.66. The number of hydrogen-bond acceptors (Lipinski definition) is 2. The first-order valence-electron chi connectivity index (χ1n) is 7.90. The molecule has 4 aliphatic rings. The zero-order valence-corrected chi connectivity index (χ0v) is 13.8. The van der Waals surface area contributed by atoms with Gasteiger partial charge in [-0.3, -0.25) is 10.1 Å². The van der Waals surface area contributed by atoms with Crippen molar-refractivity contribution in [1.82, 2.24) is 10.6 Å². The van der Waals surface area contributed by atoms with E-state index in [9.17, 15) is 9.59 Å². The molecule has 0 heterocycles. The van der Waals surface area contributed by atoms with Crippen molar-refractivity contribution < 1.29 is 9.59 Å². The number of rotatable bonds is 2. The Morgan fingerprint density at radius 2 is 1.67 bits per heavy atom. The van der Waals surface area contributed by atoms with E-state index in [1.54, 1.807) is 6.92 Å². The zero-order valence-electron chi connectivity index (χ0n) is 13.1. The van der Waals surface area contributed by atoms with Crippen LogP contribution in [0.25, 0.3) is 0 Å². The van der Waals surface area contributed by atoms with Crippen molar-refractivity contribution in [2.24, 2.45) is 16.7 Å². The summed E-state index contributed by atoms with van der Waals surface area (Å²) in [5.74, 6) is 0.274. The van der Waals surface area contributed by atoms with Gasteiger partial charge in [0, 0.05) is 5.54 Å². The van der Waals surface area contributed by atoms with Crippen molar-refractivity contribution >= 4 is 23.5 Å². The second-order valence-electron chi connectivity index (χ2n) is 8.47. The van der Waals surface area contributed by atoms with Crippen LogP contribution >= 0.6 is 11.6 Å². The highest BCUT2D eigenvalue weighted by molar-refractivity contribution is 6.31. The molecule has 0 aliphatic heterocycles. The monoisotopic (exact) mass is 312 g/mol. The molecule has 0 aromatic carbocycles. The average Bonchev–Trinajstić information content (AvgIpc) is 2.21. The molecule has 0 radical (unpaired) electrons. The quantitative estimate of drug-likeness (QED) is 0.769. The number of nitrogens with one attached hydrogen (secondary N) is 2. The van der Waals surface area contributed by atoms with Gasteiger partial charge in [0.2, 0.25) is 5.91 Å². The summed E-state index contributed by atoms with van der Waals surface area (Å²) in [5, 5.41) is 4.80. The molecule has 4 nitrogen and oxygen atoms in total. The predicted octanol–water partition coefficient (Wildman–Crippen LogP) is 3.19. The lowest BCUT2D eigenvalue weighted by molar-refractivity contribution is -0.120. The van der Waals surface area contributed by atoms with Crippen LogP contribution in [0.1, 0.15) is 59.3 Å². The minimum atomic E-state index is -0.692. The van der Waals surface area contributed by atoms with E-state index >= 15 is 0 Å². The van der Waals surface area contributed by atoms with Crippen LogP contribution < -0.4 is 10.6 Å². The first kappa shape index (κ1) is 15.1. The SMILES string of the molecule is CC(Cl)C(=O)NC(=O)NC12CC3CC(C)(CC(C)(C3)C1)C2. The van der Waals surface area contributed by atoms with Crippen LogP contribution in [-0.4, -0.2) is 22.9 Å². The second-order valence-corrected chi connectivity index (χ2v) is 9.12. The molecule has 0 saturated heterocycles. The Morgan fingerprint density at radius 3 is 2.14 bits per heavy atom. The number of hydrogen-bond donors (Lipinski definition) is 2. The van der Waals surface area contributed by atoms with Gasteiger partial charge in [-0.05, 0) is 62.2 Å². The Morgan fingerprint density at radius 1 is 1.10 bits per heavy atom. The Kier molecular flexibility index (Phi) is 3.32. The zero-order chi connectivity index (χ0) is 15.5. The molecule has 0 aromatic heterocycles. The number of carbonyl (C=O) groups excluding carboxylic acids is 2. The van der Waals surface area contributed by atoms with Gasteiger partial charge in [-0.15, -0.1) is 11.6 Å². The first-order valence-corrected chi connectivity index (χ1v) is 8.34. The lowest BCUT2D eigenvalue weighted by Crippen LogP contribution is -2.66. The summed E-state index contributed by atoms with van der Waals surface area (Å²) >= 11 is 5.70. The second kappa shape index (κ2) is 4.61. The number of alkyl halides is 1. The maximum Gasteiger partial charge on any atom is 0.321 e. The Hall–Kier alpha value is -0.770. The normalized spacial score (nSPS) is 45.2. The average molecular weight is 313 g/mol. The molecule has 21 heavy (non-hydrogen) atoms. The van der Waals surface area contributed by atoms with E-state index in [1.807, 2.05) is 0 Å². The fourth-order valence-electron chi connectivity index (χ4n) is 6.07. The van der Waals surface area contributed by atoms with Gasteiger partial charge >= 0.3 is 6.03 Å². The summed E-state index contributed by atoms with van der Waals surface area (Å²) in [7, 11) is 0. The van der Waals surface area contributed by atoms with E-state index in [1.165, 1.54) is 19.3 Å². The Balaban J connectivity index is 1.73. The van der Waals surface area contributed by atoms with Crippen LogP contribution in [-0.2, 0) is 4.79 Å². The number of urea groups is 1. The Bertz CT molecular complexity index is 473. The lowest BCUT2D eigenvalue weighted by atomic mass is 9.43. The van der Waals surface area contributed by atoms with Gasteiger partial charge < -0.3 is 5.32 Å². The van der Waals surface area contributed by atoms with Crippen LogP contribution in [0.5, 0.6) is 0 Å². The maximum atomic E-state index is 12.1. The number of imide groups is 1. The molecule has 2 N–H and O–H groups in total. The molecule has 0 spiro atoms. The number of carbonyl (C=O) groups is 2. The van der Waals surface area contributed by atoms with Crippen molar-refractivity contribution in [3.05, 3.63) is 0 Å². The van der Waals surface area contributed by atoms with E-state index in [-0.39, 0.29) is 11.6 Å². The lowest BCUT2D eigenvalue weighted by Gasteiger charge is -2.65. The van der Waals surface area contributed by atoms with Crippen LogP contribution in [0.2, 0.25) is 0 Å². The van der Waals surface area contributed by atoms with Crippen molar-refractivity contribution in [2.75, 3.05) is 0 Å². The van der Waals surface area contributed by atoms with E-state index < -0.39 is 11.3 Å². The molecule has 4 saturated carbocycles. The molecule has 3 unspecified atom stereocenters. The van der Waals surface area contributed by atoms with E-state index in [0.717, 1.165) is 19.3 Å². The van der Waals surface area contributed by atoms with Gasteiger partial charge in [0.1, 0.15) is 5.38 Å². The van der Waals surface area contributed by atoms with Crippen LogP contribution in [0, 0.1) is 16.7 Å². The largest absolute Gasteiger partial charge is 0.332 e. The van der Waals surface area contributed by atoms with Crippen LogP contribution in [0.3, 0.4) is 0 Å². The summed E-state index contributed by atoms with van der Waals surface area (Å²) in [6, 6.07) is -0.387. The molecule has 118 valence electrons. The summed E-state index contributed by atoms with van der Waals surface area (Å²) in [6.45, 7) is 6.28. The fourth-order valence-corrected chi connectivity index (χ4v) is 6.13. The predicted molar refractivity (Wildman–Crippen MR) is 82.1 cm³/mol. The number of amides is 3. The van der Waals surface area contributed by atoms with Gasteiger partial charge in [0.15, 0.2) is 0 Å². The number of halogens is 1. The van der Waals surface area contributed by atoms with Gasteiger partial charge in [0.05, 0.1) is 0 Å². The maximum absolute atomic E-state index is 12.1. The van der Waals surface area contributed by atoms with Gasteiger partial charge in [-0.2, -0.15) is 0 Å². The Labute approximate surface area is 131 Å². The molecule has 0 aromatic rings. The fraction of sp³-hybridized carbons (Fsp3) is 0.875. The summed E-state index contributed by atoms with van der Waals surface area (Å²) < 4.78 is 0. The standard InChI is InChI=1S/C16H25ClN2O2/c1-10(17)12(20)18-13(21)19-16-6-11-4-14(2,8-16)7-15(3,5-11)9-16/h10-11H,4-9H2,1-3H3,(H2,18,19,20,21). The molecule has 3 amide bonds. The third kappa shape index (κ3) is 2.79. The third-order valence-corrected chi connectivity index (χ3v) is 5.80. The van der Waals surface area contributed by atoms with Gasteiger partial charge in [-0.25, -0.2) is 4.79 Å². The summed E-state index contributed by atoms with van der Waals surface area (Å²) in [6.07, 6.45) is 6.94. The van der Waals surface area contributed by atoms with Crippen molar-refractivity contribution in [2.45, 2.75) is 70.2 Å². The molecular formula is C16H25ClN2O2. The van der Waals surface area contributed by atoms with Crippen molar-refractivity contribution in [1.29, 1.82) is 0 Å². The molecule has 5 heteroatoms. The molecule has 4 fully saturated rings. The first-order chi connectivity index (χ1) is 9.63. The minimum Gasteiger partial charge on any atom is -0.332 e. The van der Waals surface area contributed by atoms with Crippen LogP contribution in [0.4, 0.5) is 4.79 Å². The highest BCUT2D eigenvalue weighted by Gasteiger charge is 2.60. The molecular weight excluding hydrogens is 288 g/mol. The molecule has 4 rings (SSSR count). The molecule has 3 atom stereocenters. The van der Waals surface area contributed by atoms with Gasteiger partial charge in [-0.1, -0.05) is 13.8 Å². The molecule has 4 bridgehead atoms. The van der Waals surface area contributed by atoms with Crippen molar-refractivity contribution in [3.63, 3.8) is 0 Å². The summed E-state index contributed by atoms with van der Waals surface area (Å²) in [5.41, 5.74) is 0.541.